The summed E-state index contributed by atoms with van der Waals surface area (Å²) in [5, 5.41) is 6.67. The molecule has 104 valence electrons. The molecule has 0 aliphatic rings. The zero-order valence-corrected chi connectivity index (χ0v) is 13.0. The van der Waals surface area contributed by atoms with Crippen LogP contribution in [0.4, 0.5) is 0 Å². The molecule has 2 heterocycles. The lowest BCUT2D eigenvalue weighted by atomic mass is 10.4. The highest BCUT2D eigenvalue weighted by Gasteiger charge is 2.13. The summed E-state index contributed by atoms with van der Waals surface area (Å²) in [5.41, 5.74) is 1.25. The number of imidazole rings is 1. The standard InChI is InChI=1S/C15H17N3S2/c1-2-8-16-11-13-14(17-15-18(13)9-10-19-15)20-12-6-4-3-5-7-12/h3-7,9-10,16H,2,8,11H2,1H3. The van der Waals surface area contributed by atoms with Crippen LogP contribution < -0.4 is 5.32 Å². The predicted octanol–water partition coefficient (Wildman–Crippen LogP) is 4.05. The lowest BCUT2D eigenvalue weighted by Crippen LogP contribution is -2.15. The molecule has 1 N–H and O–H groups in total. The summed E-state index contributed by atoms with van der Waals surface area (Å²) >= 11 is 3.42. The molecule has 2 aromatic heterocycles. The maximum Gasteiger partial charge on any atom is 0.194 e. The SMILES string of the molecule is CCCNCc1c(Sc2ccccc2)nc2sccn12. The number of rotatable bonds is 6. The predicted molar refractivity (Wildman–Crippen MR) is 85.6 cm³/mol. The average molecular weight is 303 g/mol. The van der Waals surface area contributed by atoms with Gasteiger partial charge in [-0.3, -0.25) is 4.40 Å². The molecule has 0 saturated heterocycles. The molecular formula is C15H17N3S2. The maximum atomic E-state index is 4.75. The summed E-state index contributed by atoms with van der Waals surface area (Å²) in [7, 11) is 0. The normalized spacial score (nSPS) is 11.2. The zero-order valence-electron chi connectivity index (χ0n) is 11.4. The third kappa shape index (κ3) is 2.90. The van der Waals surface area contributed by atoms with Gasteiger partial charge in [-0.15, -0.1) is 11.3 Å². The number of hydrogen-bond donors (Lipinski definition) is 1. The molecular weight excluding hydrogens is 286 g/mol. The largest absolute Gasteiger partial charge is 0.311 e. The van der Waals surface area contributed by atoms with Crippen molar-refractivity contribution in [1.29, 1.82) is 0 Å². The van der Waals surface area contributed by atoms with E-state index in [2.05, 4.69) is 52.5 Å². The summed E-state index contributed by atoms with van der Waals surface area (Å²) in [6.45, 7) is 4.08. The Bertz CT molecular complexity index is 673. The molecule has 3 aromatic rings. The van der Waals surface area contributed by atoms with Crippen LogP contribution in [0.1, 0.15) is 19.0 Å². The Balaban J connectivity index is 1.88. The van der Waals surface area contributed by atoms with E-state index in [9.17, 15) is 0 Å². The van der Waals surface area contributed by atoms with Crippen LogP contribution in [-0.4, -0.2) is 15.9 Å². The van der Waals surface area contributed by atoms with Crippen molar-refractivity contribution in [3.8, 4) is 0 Å². The average Bonchev–Trinajstić information content (AvgIpc) is 3.03. The zero-order chi connectivity index (χ0) is 13.8. The fraction of sp³-hybridized carbons (Fsp3) is 0.267. The molecule has 3 rings (SSSR count). The van der Waals surface area contributed by atoms with Crippen LogP contribution >= 0.6 is 23.1 Å². The van der Waals surface area contributed by atoms with Crippen molar-refractivity contribution in [2.24, 2.45) is 0 Å². The Morgan fingerprint density at radius 1 is 1.30 bits per heavy atom. The fourth-order valence-corrected chi connectivity index (χ4v) is 3.77. The first-order valence-electron chi connectivity index (χ1n) is 6.76. The number of nitrogens with zero attached hydrogens (tertiary/aromatic N) is 2. The Hall–Kier alpha value is -1.30. The first kappa shape index (κ1) is 13.7. The fourth-order valence-electron chi connectivity index (χ4n) is 2.04. The number of benzene rings is 1. The first-order chi connectivity index (χ1) is 9.88. The van der Waals surface area contributed by atoms with Gasteiger partial charge in [0.2, 0.25) is 0 Å². The molecule has 0 unspecified atom stereocenters. The lowest BCUT2D eigenvalue weighted by molar-refractivity contribution is 0.653. The van der Waals surface area contributed by atoms with Crippen molar-refractivity contribution in [3.63, 3.8) is 0 Å². The summed E-state index contributed by atoms with van der Waals surface area (Å²) in [4.78, 5) is 7.05. The van der Waals surface area contributed by atoms with E-state index in [1.54, 1.807) is 23.1 Å². The highest BCUT2D eigenvalue weighted by Crippen LogP contribution is 2.31. The van der Waals surface area contributed by atoms with Gasteiger partial charge in [-0.25, -0.2) is 4.98 Å². The van der Waals surface area contributed by atoms with E-state index in [0.717, 1.165) is 29.5 Å². The van der Waals surface area contributed by atoms with Crippen molar-refractivity contribution in [1.82, 2.24) is 14.7 Å². The Morgan fingerprint density at radius 2 is 2.15 bits per heavy atom. The van der Waals surface area contributed by atoms with E-state index in [-0.39, 0.29) is 0 Å². The smallest absolute Gasteiger partial charge is 0.194 e. The van der Waals surface area contributed by atoms with Gasteiger partial charge in [-0.2, -0.15) is 0 Å². The van der Waals surface area contributed by atoms with E-state index in [1.807, 2.05) is 6.07 Å². The Morgan fingerprint density at radius 3 is 2.95 bits per heavy atom. The van der Waals surface area contributed by atoms with Gasteiger partial charge < -0.3 is 5.32 Å². The van der Waals surface area contributed by atoms with E-state index in [4.69, 9.17) is 4.98 Å². The lowest BCUT2D eigenvalue weighted by Gasteiger charge is -2.05. The quantitative estimate of drug-likeness (QED) is 0.697. The molecule has 0 amide bonds. The maximum absolute atomic E-state index is 4.75. The highest BCUT2D eigenvalue weighted by molar-refractivity contribution is 7.99. The minimum absolute atomic E-state index is 0.862. The number of hydrogen-bond acceptors (Lipinski definition) is 4. The number of nitrogens with one attached hydrogen (secondary N) is 1. The van der Waals surface area contributed by atoms with Gasteiger partial charge in [0, 0.05) is 23.0 Å². The van der Waals surface area contributed by atoms with Crippen molar-refractivity contribution < 1.29 is 0 Å². The van der Waals surface area contributed by atoms with Crippen LogP contribution in [0, 0.1) is 0 Å². The number of aromatic nitrogens is 2. The van der Waals surface area contributed by atoms with Crippen molar-refractivity contribution in [3.05, 3.63) is 47.6 Å². The van der Waals surface area contributed by atoms with Crippen LogP contribution in [0.15, 0.2) is 51.8 Å². The summed E-state index contributed by atoms with van der Waals surface area (Å²) in [6.07, 6.45) is 3.25. The number of fused-ring (bicyclic) bond motifs is 1. The minimum atomic E-state index is 0.862. The topological polar surface area (TPSA) is 29.3 Å². The molecule has 0 bridgehead atoms. The molecule has 0 fully saturated rings. The van der Waals surface area contributed by atoms with E-state index < -0.39 is 0 Å². The Kier molecular flexibility index (Phi) is 4.40. The van der Waals surface area contributed by atoms with Crippen LogP contribution in [0.5, 0.6) is 0 Å². The molecule has 5 heteroatoms. The van der Waals surface area contributed by atoms with E-state index in [0.29, 0.717) is 0 Å². The van der Waals surface area contributed by atoms with Gasteiger partial charge in [0.15, 0.2) is 4.96 Å². The van der Waals surface area contributed by atoms with Crippen LogP contribution in [0.2, 0.25) is 0 Å². The molecule has 0 aliphatic heterocycles. The van der Waals surface area contributed by atoms with Crippen LogP contribution in [0.3, 0.4) is 0 Å². The van der Waals surface area contributed by atoms with Gasteiger partial charge in [0.25, 0.3) is 0 Å². The second-order valence-corrected chi connectivity index (χ2v) is 6.45. The summed E-state index contributed by atoms with van der Waals surface area (Å²) < 4.78 is 2.19. The number of thiazole rings is 1. The van der Waals surface area contributed by atoms with Gasteiger partial charge >= 0.3 is 0 Å². The third-order valence-electron chi connectivity index (χ3n) is 3.00. The molecule has 0 aliphatic carbocycles. The van der Waals surface area contributed by atoms with E-state index in [1.165, 1.54) is 10.6 Å². The molecule has 20 heavy (non-hydrogen) atoms. The monoisotopic (exact) mass is 303 g/mol. The molecule has 0 radical (unpaired) electrons. The summed E-state index contributed by atoms with van der Waals surface area (Å²) in [6, 6.07) is 10.4. The Labute approximate surface area is 127 Å². The summed E-state index contributed by atoms with van der Waals surface area (Å²) in [5.74, 6) is 0. The second kappa shape index (κ2) is 6.43. The van der Waals surface area contributed by atoms with Crippen molar-refractivity contribution in [2.75, 3.05) is 6.54 Å². The molecule has 3 nitrogen and oxygen atoms in total. The van der Waals surface area contributed by atoms with Gasteiger partial charge in [0.05, 0.1) is 5.69 Å². The van der Waals surface area contributed by atoms with Gasteiger partial charge in [0.1, 0.15) is 5.03 Å². The molecule has 0 atom stereocenters. The molecule has 1 aromatic carbocycles. The van der Waals surface area contributed by atoms with Crippen molar-refractivity contribution in [2.45, 2.75) is 29.8 Å². The minimum Gasteiger partial charge on any atom is -0.311 e. The highest BCUT2D eigenvalue weighted by atomic mass is 32.2. The van der Waals surface area contributed by atoms with Crippen molar-refractivity contribution >= 4 is 28.1 Å². The molecule has 0 saturated carbocycles. The van der Waals surface area contributed by atoms with Crippen LogP contribution in [-0.2, 0) is 6.54 Å². The first-order valence-corrected chi connectivity index (χ1v) is 8.46. The second-order valence-electron chi connectivity index (χ2n) is 4.51. The van der Waals surface area contributed by atoms with Gasteiger partial charge in [-0.05, 0) is 25.1 Å². The molecule has 0 spiro atoms. The van der Waals surface area contributed by atoms with E-state index >= 15 is 0 Å². The van der Waals surface area contributed by atoms with Gasteiger partial charge in [-0.1, -0.05) is 36.9 Å². The van der Waals surface area contributed by atoms with Crippen LogP contribution in [0.25, 0.3) is 4.96 Å². The third-order valence-corrected chi connectivity index (χ3v) is 4.79.